The van der Waals surface area contributed by atoms with Crippen LogP contribution in [0.15, 0.2) is 57.9 Å². The molecule has 1 unspecified atom stereocenters. The molecule has 0 aliphatic carbocycles. The van der Waals surface area contributed by atoms with Crippen molar-refractivity contribution in [1.82, 2.24) is 5.32 Å². The molecule has 128 valence electrons. The van der Waals surface area contributed by atoms with Crippen LogP contribution in [0.4, 0.5) is 5.69 Å². The lowest BCUT2D eigenvalue weighted by molar-refractivity contribution is -0.120. The lowest BCUT2D eigenvalue weighted by Gasteiger charge is -2.15. The third-order valence-corrected chi connectivity index (χ3v) is 5.10. The van der Waals surface area contributed by atoms with Gasteiger partial charge in [0.15, 0.2) is 9.84 Å². The molecule has 24 heavy (non-hydrogen) atoms. The SMILES string of the molecule is CC(NC(=O)CNc1cccc(S(C)(=O)=O)c1)c1ccc(Br)cc1. The Morgan fingerprint density at radius 1 is 1.17 bits per heavy atom. The molecule has 2 rings (SSSR count). The van der Waals surface area contributed by atoms with Crippen LogP contribution in [-0.4, -0.2) is 27.1 Å². The molecule has 2 aromatic carbocycles. The smallest absolute Gasteiger partial charge is 0.239 e. The molecule has 0 saturated heterocycles. The Kier molecular flexibility index (Phi) is 6.01. The monoisotopic (exact) mass is 410 g/mol. The molecule has 0 saturated carbocycles. The minimum atomic E-state index is -3.27. The van der Waals surface area contributed by atoms with Gasteiger partial charge >= 0.3 is 0 Å². The van der Waals surface area contributed by atoms with Gasteiger partial charge in [0.2, 0.25) is 5.91 Å². The van der Waals surface area contributed by atoms with Crippen molar-refractivity contribution < 1.29 is 13.2 Å². The normalized spacial score (nSPS) is 12.5. The van der Waals surface area contributed by atoms with E-state index in [0.717, 1.165) is 16.3 Å². The van der Waals surface area contributed by atoms with Gasteiger partial charge in [0, 0.05) is 16.4 Å². The van der Waals surface area contributed by atoms with Crippen molar-refractivity contribution in [3.63, 3.8) is 0 Å². The summed E-state index contributed by atoms with van der Waals surface area (Å²) in [6.07, 6.45) is 1.15. The van der Waals surface area contributed by atoms with Crippen molar-refractivity contribution >= 4 is 37.4 Å². The van der Waals surface area contributed by atoms with Crippen molar-refractivity contribution in [2.75, 3.05) is 18.1 Å². The molecule has 2 aromatic rings. The molecule has 7 heteroatoms. The van der Waals surface area contributed by atoms with Crippen LogP contribution in [0, 0.1) is 0 Å². The van der Waals surface area contributed by atoms with Crippen LogP contribution in [0.5, 0.6) is 0 Å². The van der Waals surface area contributed by atoms with Gasteiger partial charge in [0.25, 0.3) is 0 Å². The number of hydrogen-bond acceptors (Lipinski definition) is 4. The lowest BCUT2D eigenvalue weighted by atomic mass is 10.1. The summed E-state index contributed by atoms with van der Waals surface area (Å²) in [5.74, 6) is -0.171. The Bertz CT molecular complexity index is 820. The number of amides is 1. The third-order valence-electron chi connectivity index (χ3n) is 3.46. The molecule has 5 nitrogen and oxygen atoms in total. The first-order valence-electron chi connectivity index (χ1n) is 7.34. The zero-order valence-corrected chi connectivity index (χ0v) is 15.8. The van der Waals surface area contributed by atoms with Crippen LogP contribution >= 0.6 is 15.9 Å². The van der Waals surface area contributed by atoms with Crippen LogP contribution in [0.1, 0.15) is 18.5 Å². The third kappa shape index (κ3) is 5.35. The molecule has 0 heterocycles. The molecule has 0 fully saturated rings. The van der Waals surface area contributed by atoms with Crippen molar-refractivity contribution in [1.29, 1.82) is 0 Å². The van der Waals surface area contributed by atoms with Gasteiger partial charge in [-0.05, 0) is 42.8 Å². The van der Waals surface area contributed by atoms with Crippen LogP contribution in [0.25, 0.3) is 0 Å². The number of halogens is 1. The molecule has 0 bridgehead atoms. The van der Waals surface area contributed by atoms with E-state index in [1.807, 2.05) is 31.2 Å². The lowest BCUT2D eigenvalue weighted by Crippen LogP contribution is -2.32. The molecule has 2 N–H and O–H groups in total. The maximum Gasteiger partial charge on any atom is 0.239 e. The number of nitrogens with one attached hydrogen (secondary N) is 2. The quantitative estimate of drug-likeness (QED) is 0.766. The second kappa shape index (κ2) is 7.81. The maximum absolute atomic E-state index is 12.0. The Balaban J connectivity index is 1.92. The average Bonchev–Trinajstić information content (AvgIpc) is 2.53. The fourth-order valence-corrected chi connectivity index (χ4v) is 3.08. The first-order chi connectivity index (χ1) is 11.3. The van der Waals surface area contributed by atoms with E-state index in [4.69, 9.17) is 0 Å². The summed E-state index contributed by atoms with van der Waals surface area (Å²) in [7, 11) is -3.27. The maximum atomic E-state index is 12.0. The summed E-state index contributed by atoms with van der Waals surface area (Å²) >= 11 is 3.38. The van der Waals surface area contributed by atoms with E-state index in [0.29, 0.717) is 5.69 Å². The molecule has 1 atom stereocenters. The number of anilines is 1. The van der Waals surface area contributed by atoms with Crippen molar-refractivity contribution in [3.8, 4) is 0 Å². The Morgan fingerprint density at radius 3 is 2.46 bits per heavy atom. The van der Waals surface area contributed by atoms with Gasteiger partial charge in [-0.1, -0.05) is 34.1 Å². The van der Waals surface area contributed by atoms with E-state index in [9.17, 15) is 13.2 Å². The standard InChI is InChI=1S/C17H19BrN2O3S/c1-12(13-6-8-14(18)9-7-13)20-17(21)11-19-15-4-3-5-16(10-15)24(2,22)23/h3-10,12,19H,11H2,1-2H3,(H,20,21). The number of rotatable bonds is 6. The van der Waals surface area contributed by atoms with Crippen molar-refractivity contribution in [3.05, 3.63) is 58.6 Å². The van der Waals surface area contributed by atoms with Gasteiger partial charge in [0.1, 0.15) is 0 Å². The molecule has 0 aliphatic heterocycles. The minimum absolute atomic E-state index is 0.0636. The van der Waals surface area contributed by atoms with Crippen molar-refractivity contribution in [2.45, 2.75) is 17.9 Å². The molecular formula is C17H19BrN2O3S. The average molecular weight is 411 g/mol. The fourth-order valence-electron chi connectivity index (χ4n) is 2.15. The van der Waals surface area contributed by atoms with Crippen LogP contribution in [0.3, 0.4) is 0 Å². The largest absolute Gasteiger partial charge is 0.376 e. The highest BCUT2D eigenvalue weighted by atomic mass is 79.9. The molecule has 1 amide bonds. The molecule has 0 aliphatic rings. The molecule has 0 radical (unpaired) electrons. The minimum Gasteiger partial charge on any atom is -0.376 e. The van der Waals surface area contributed by atoms with E-state index in [-0.39, 0.29) is 23.4 Å². The van der Waals surface area contributed by atoms with E-state index in [1.165, 1.54) is 12.1 Å². The van der Waals surface area contributed by atoms with E-state index in [1.54, 1.807) is 12.1 Å². The van der Waals surface area contributed by atoms with Gasteiger partial charge in [-0.3, -0.25) is 4.79 Å². The first kappa shape index (κ1) is 18.5. The van der Waals surface area contributed by atoms with Gasteiger partial charge in [-0.15, -0.1) is 0 Å². The van der Waals surface area contributed by atoms with Crippen LogP contribution < -0.4 is 10.6 Å². The van der Waals surface area contributed by atoms with Gasteiger partial charge in [-0.25, -0.2) is 8.42 Å². The summed E-state index contributed by atoms with van der Waals surface area (Å²) < 4.78 is 24.1. The second-order valence-corrected chi connectivity index (χ2v) is 8.43. The summed E-state index contributed by atoms with van der Waals surface area (Å²) in [5.41, 5.74) is 1.59. The van der Waals surface area contributed by atoms with E-state index >= 15 is 0 Å². The summed E-state index contributed by atoms with van der Waals surface area (Å²) in [6, 6.07) is 14.0. The number of hydrogen-bond donors (Lipinski definition) is 2. The topological polar surface area (TPSA) is 75.3 Å². The van der Waals surface area contributed by atoms with E-state index < -0.39 is 9.84 Å². The van der Waals surface area contributed by atoms with Gasteiger partial charge < -0.3 is 10.6 Å². The zero-order valence-electron chi connectivity index (χ0n) is 13.4. The van der Waals surface area contributed by atoms with Crippen molar-refractivity contribution in [2.24, 2.45) is 0 Å². The summed E-state index contributed by atoms with van der Waals surface area (Å²) in [4.78, 5) is 12.3. The predicted molar refractivity (Wildman–Crippen MR) is 98.7 cm³/mol. The predicted octanol–water partition coefficient (Wildman–Crippen LogP) is 3.14. The fraction of sp³-hybridized carbons (Fsp3) is 0.235. The molecule has 0 spiro atoms. The highest BCUT2D eigenvalue weighted by molar-refractivity contribution is 9.10. The van der Waals surface area contributed by atoms with Gasteiger partial charge in [0.05, 0.1) is 17.5 Å². The highest BCUT2D eigenvalue weighted by Crippen LogP contribution is 2.17. The molecule has 0 aromatic heterocycles. The van der Waals surface area contributed by atoms with Crippen LogP contribution in [0.2, 0.25) is 0 Å². The molecular weight excluding hydrogens is 392 g/mol. The first-order valence-corrected chi connectivity index (χ1v) is 10.0. The summed E-state index contributed by atoms with van der Waals surface area (Å²) in [6.45, 7) is 1.97. The number of carbonyl (C=O) groups excluding carboxylic acids is 1. The second-order valence-electron chi connectivity index (χ2n) is 5.49. The number of carbonyl (C=O) groups is 1. The van der Waals surface area contributed by atoms with Crippen LogP contribution in [-0.2, 0) is 14.6 Å². The Morgan fingerprint density at radius 2 is 1.83 bits per heavy atom. The summed E-state index contributed by atoms with van der Waals surface area (Å²) in [5, 5.41) is 5.83. The number of benzene rings is 2. The zero-order chi connectivity index (χ0) is 17.7. The highest BCUT2D eigenvalue weighted by Gasteiger charge is 2.10. The van der Waals surface area contributed by atoms with Gasteiger partial charge in [-0.2, -0.15) is 0 Å². The Hall–Kier alpha value is -1.86. The Labute approximate surface area is 150 Å². The number of sulfone groups is 1. The van der Waals surface area contributed by atoms with E-state index in [2.05, 4.69) is 26.6 Å².